The van der Waals surface area contributed by atoms with Crippen LogP contribution in [-0.2, 0) is 23.8 Å². The second-order valence-corrected chi connectivity index (χ2v) is 14.1. The van der Waals surface area contributed by atoms with Gasteiger partial charge in [-0.25, -0.2) is 9.59 Å². The van der Waals surface area contributed by atoms with Crippen LogP contribution >= 0.6 is 22.9 Å². The predicted octanol–water partition coefficient (Wildman–Crippen LogP) is 5.26. The van der Waals surface area contributed by atoms with Crippen molar-refractivity contribution in [2.24, 2.45) is 0 Å². The molecule has 0 unspecified atom stereocenters. The van der Waals surface area contributed by atoms with Crippen molar-refractivity contribution in [3.63, 3.8) is 0 Å². The summed E-state index contributed by atoms with van der Waals surface area (Å²) < 4.78 is 41.3. The summed E-state index contributed by atoms with van der Waals surface area (Å²) in [5.41, 5.74) is 6.12. The Morgan fingerprint density at radius 2 is 1.64 bits per heavy atom. The molecule has 1 atom stereocenters. The fraction of sp³-hybridized carbons (Fsp3) is 0.594. The number of alkyl halides is 3. The lowest BCUT2D eigenvalue weighted by Gasteiger charge is -2.39. The minimum Gasteiger partial charge on any atom is -0.397 e. The van der Waals surface area contributed by atoms with Gasteiger partial charge < -0.3 is 36.0 Å². The van der Waals surface area contributed by atoms with E-state index in [2.05, 4.69) is 15.5 Å². The molecule has 0 aliphatic carbocycles. The van der Waals surface area contributed by atoms with E-state index in [1.807, 2.05) is 15.7 Å². The topological polar surface area (TPSA) is 114 Å². The number of fused-ring (bicyclic) bond motifs is 1. The maximum atomic E-state index is 13.9. The van der Waals surface area contributed by atoms with Crippen molar-refractivity contribution < 1.29 is 27.6 Å². The van der Waals surface area contributed by atoms with Gasteiger partial charge >= 0.3 is 18.2 Å². The van der Waals surface area contributed by atoms with Crippen molar-refractivity contribution in [3.05, 3.63) is 44.6 Å². The first-order chi connectivity index (χ1) is 22.5. The van der Waals surface area contributed by atoms with E-state index in [0.29, 0.717) is 51.6 Å². The average Bonchev–Trinajstić information content (AvgIpc) is 3.72. The maximum absolute atomic E-state index is 13.9. The molecule has 2 aromatic rings. The number of nitrogens with one attached hydrogen (secondary N) is 2. The van der Waals surface area contributed by atoms with Crippen molar-refractivity contribution in [3.8, 4) is 0 Å². The Labute approximate surface area is 281 Å². The maximum Gasteiger partial charge on any atom is 0.418 e. The third-order valence-corrected chi connectivity index (χ3v) is 11.1. The fourth-order valence-corrected chi connectivity index (χ4v) is 8.43. The molecule has 47 heavy (non-hydrogen) atoms. The van der Waals surface area contributed by atoms with Crippen LogP contribution < -0.4 is 16.4 Å². The van der Waals surface area contributed by atoms with Crippen LogP contribution in [0.25, 0.3) is 0 Å². The Kier molecular flexibility index (Phi) is 10.1. The molecular formula is C32H41ClF3N7O3S. The fourth-order valence-electron chi connectivity index (χ4n) is 7.37. The van der Waals surface area contributed by atoms with E-state index in [9.17, 15) is 27.6 Å². The van der Waals surface area contributed by atoms with E-state index in [1.54, 1.807) is 21.1 Å². The molecule has 0 radical (unpaired) electrons. The van der Waals surface area contributed by atoms with E-state index < -0.39 is 29.5 Å². The lowest BCUT2D eigenvalue weighted by molar-refractivity contribution is -0.137. The molecule has 4 aliphatic rings. The standard InChI is InChI=1S/C32H41ClF3N7O3S/c33-25-16-20(15-24(28(25)37)32(34,35)36)17-26(29(44)41-10-4-22(5-11-41)40-8-1-2-9-40)38-30(45)42-12-6-23(7-13-42)43-14-3-21-18-47-19-27(21)39-31(43)46/h15-16,18-19,22-23,26H,1-14,17,37H2,(H,38,45)(H,39,46)/t26-/m1/s1. The van der Waals surface area contributed by atoms with Gasteiger partial charge in [-0.3, -0.25) is 4.79 Å². The molecule has 0 spiro atoms. The minimum absolute atomic E-state index is 0.0428. The van der Waals surface area contributed by atoms with Crippen LogP contribution in [0.5, 0.6) is 0 Å². The van der Waals surface area contributed by atoms with Gasteiger partial charge in [0.25, 0.3) is 0 Å². The van der Waals surface area contributed by atoms with Gasteiger partial charge in [0.2, 0.25) is 5.91 Å². The van der Waals surface area contributed by atoms with E-state index in [1.165, 1.54) is 18.9 Å². The molecule has 4 aliphatic heterocycles. The van der Waals surface area contributed by atoms with Crippen molar-refractivity contribution >= 4 is 52.3 Å². The van der Waals surface area contributed by atoms with Crippen molar-refractivity contribution in [2.75, 3.05) is 56.9 Å². The summed E-state index contributed by atoms with van der Waals surface area (Å²) >= 11 is 7.66. The first-order valence-corrected chi connectivity index (χ1v) is 17.7. The molecule has 3 fully saturated rings. The molecule has 0 saturated carbocycles. The molecule has 1 aromatic carbocycles. The summed E-state index contributed by atoms with van der Waals surface area (Å²) in [4.78, 5) is 48.1. The number of nitrogens with zero attached hydrogens (tertiary/aromatic N) is 4. The molecule has 15 heteroatoms. The quantitative estimate of drug-likeness (QED) is 0.357. The number of nitrogens with two attached hydrogens (primary N) is 1. The number of anilines is 2. The molecule has 10 nitrogen and oxygen atoms in total. The van der Waals surface area contributed by atoms with Crippen LogP contribution in [0.15, 0.2) is 22.9 Å². The number of likely N-dealkylation sites (tertiary alicyclic amines) is 3. The van der Waals surface area contributed by atoms with Gasteiger partial charge in [0.05, 0.1) is 22.0 Å². The minimum atomic E-state index is -4.73. The van der Waals surface area contributed by atoms with Gasteiger partial charge in [-0.15, -0.1) is 11.3 Å². The summed E-state index contributed by atoms with van der Waals surface area (Å²) in [6.07, 6.45) is 0.955. The highest BCUT2D eigenvalue weighted by molar-refractivity contribution is 7.08. The summed E-state index contributed by atoms with van der Waals surface area (Å²) in [7, 11) is 0. The van der Waals surface area contributed by atoms with Crippen molar-refractivity contribution in [1.29, 1.82) is 0 Å². The number of urea groups is 2. The second-order valence-electron chi connectivity index (χ2n) is 12.9. The molecular weight excluding hydrogens is 655 g/mol. The zero-order valence-electron chi connectivity index (χ0n) is 26.2. The normalized spacial score (nSPS) is 20.9. The second kappa shape index (κ2) is 14.1. The molecule has 4 N–H and O–H groups in total. The number of carbonyl (C=O) groups excluding carboxylic acids is 3. The highest BCUT2D eigenvalue weighted by Gasteiger charge is 2.37. The summed E-state index contributed by atoms with van der Waals surface area (Å²) in [6.45, 7) is 4.47. The number of hydrogen-bond donors (Lipinski definition) is 3. The van der Waals surface area contributed by atoms with Gasteiger partial charge in [0.15, 0.2) is 0 Å². The highest BCUT2D eigenvalue weighted by Crippen LogP contribution is 2.38. The van der Waals surface area contributed by atoms with E-state index in [0.717, 1.165) is 49.7 Å². The Bertz CT molecular complexity index is 1470. The smallest absolute Gasteiger partial charge is 0.397 e. The molecule has 0 bridgehead atoms. The number of rotatable bonds is 6. The van der Waals surface area contributed by atoms with Crippen LogP contribution in [-0.4, -0.2) is 102 Å². The monoisotopic (exact) mass is 695 g/mol. The number of nitrogen functional groups attached to an aromatic ring is 1. The number of piperidine rings is 2. The Morgan fingerprint density at radius 1 is 0.979 bits per heavy atom. The zero-order valence-corrected chi connectivity index (χ0v) is 27.7. The molecule has 6 rings (SSSR count). The van der Waals surface area contributed by atoms with Gasteiger partial charge in [-0.1, -0.05) is 11.6 Å². The van der Waals surface area contributed by atoms with Crippen LogP contribution in [0.3, 0.4) is 0 Å². The molecule has 5 amide bonds. The lowest BCUT2D eigenvalue weighted by atomic mass is 9.98. The Hall–Kier alpha value is -3.23. The molecule has 5 heterocycles. The lowest BCUT2D eigenvalue weighted by Crippen LogP contribution is -2.57. The number of halogens is 4. The van der Waals surface area contributed by atoms with Crippen LogP contribution in [0.2, 0.25) is 5.02 Å². The summed E-state index contributed by atoms with van der Waals surface area (Å²) in [6, 6.07) is 0.884. The predicted molar refractivity (Wildman–Crippen MR) is 176 cm³/mol. The largest absolute Gasteiger partial charge is 0.418 e. The number of amides is 5. The first kappa shape index (κ1) is 33.7. The molecule has 3 saturated heterocycles. The summed E-state index contributed by atoms with van der Waals surface area (Å²) in [5.74, 6) is -0.330. The SMILES string of the molecule is Nc1c(Cl)cc(C[C@@H](NC(=O)N2CCC(N3CCc4cscc4NC3=O)CC2)C(=O)N2CCC(N3CCCC3)CC2)cc1C(F)(F)F. The number of benzene rings is 1. The van der Waals surface area contributed by atoms with Crippen molar-refractivity contribution in [1.82, 2.24) is 24.9 Å². The third kappa shape index (κ3) is 7.59. The van der Waals surface area contributed by atoms with Crippen LogP contribution in [0.1, 0.15) is 55.2 Å². The van der Waals surface area contributed by atoms with Gasteiger partial charge in [0.1, 0.15) is 6.04 Å². The van der Waals surface area contributed by atoms with Crippen molar-refractivity contribution in [2.45, 2.75) is 75.7 Å². The average molecular weight is 696 g/mol. The molecule has 256 valence electrons. The first-order valence-electron chi connectivity index (χ1n) is 16.3. The highest BCUT2D eigenvalue weighted by atomic mass is 35.5. The number of thiophene rings is 1. The van der Waals surface area contributed by atoms with E-state index in [-0.39, 0.29) is 35.0 Å². The van der Waals surface area contributed by atoms with Gasteiger partial charge in [-0.2, -0.15) is 13.2 Å². The Morgan fingerprint density at radius 3 is 2.32 bits per heavy atom. The van der Waals surface area contributed by atoms with E-state index >= 15 is 0 Å². The summed E-state index contributed by atoms with van der Waals surface area (Å²) in [5, 5.41) is 9.56. The zero-order chi connectivity index (χ0) is 33.3. The van der Waals surface area contributed by atoms with Crippen LogP contribution in [0, 0.1) is 0 Å². The third-order valence-electron chi connectivity index (χ3n) is 10.0. The number of hydrogen-bond acceptors (Lipinski definition) is 6. The Balaban J connectivity index is 1.12. The van der Waals surface area contributed by atoms with Gasteiger partial charge in [-0.05, 0) is 86.7 Å². The van der Waals surface area contributed by atoms with Gasteiger partial charge in [0, 0.05) is 56.6 Å². The van der Waals surface area contributed by atoms with Crippen LogP contribution in [0.4, 0.5) is 34.1 Å². The number of carbonyl (C=O) groups is 3. The van der Waals surface area contributed by atoms with E-state index in [4.69, 9.17) is 17.3 Å². The molecule has 1 aromatic heterocycles.